The van der Waals surface area contributed by atoms with Crippen LogP contribution >= 0.6 is 94.1 Å². The minimum atomic E-state index is 0.923. The van der Waals surface area contributed by atoms with Crippen molar-refractivity contribution in [3.05, 3.63) is 84.6 Å². The van der Waals surface area contributed by atoms with Crippen molar-refractivity contribution in [3.8, 4) is 0 Å². The first kappa shape index (κ1) is 20.9. The molecule has 152 valence electrons. The highest BCUT2D eigenvalue weighted by Crippen LogP contribution is 2.66. The van der Waals surface area contributed by atoms with E-state index in [2.05, 4.69) is 36.4 Å². The first-order valence-electron chi connectivity index (χ1n) is 9.15. The molecule has 10 bridgehead atoms. The lowest BCUT2D eigenvalue weighted by Gasteiger charge is -2.09. The van der Waals surface area contributed by atoms with Gasteiger partial charge in [-0.15, -0.1) is 47.0 Å². The number of pyridine rings is 2. The summed E-state index contributed by atoms with van der Waals surface area (Å²) in [5.74, 6) is 3.69. The highest BCUT2D eigenvalue weighted by molar-refractivity contribution is 8.44. The summed E-state index contributed by atoms with van der Waals surface area (Å²) in [7, 11) is 0. The number of thioether (sulfide) groups is 8. The zero-order valence-electron chi connectivity index (χ0n) is 15.5. The molecule has 2 nitrogen and oxygen atoms in total. The number of aromatic nitrogens is 2. The van der Waals surface area contributed by atoms with Gasteiger partial charge in [0.1, 0.15) is 0 Å². The summed E-state index contributed by atoms with van der Waals surface area (Å²) in [4.78, 5) is 9.87. The number of hydrogen-bond donors (Lipinski definition) is 0. The van der Waals surface area contributed by atoms with Gasteiger partial charge in [0.2, 0.25) is 0 Å². The Hall–Kier alpha value is 0.320. The van der Waals surface area contributed by atoms with Gasteiger partial charge in [-0.2, -0.15) is 0 Å². The molecule has 10 heteroatoms. The van der Waals surface area contributed by atoms with E-state index >= 15 is 0 Å². The van der Waals surface area contributed by atoms with Crippen LogP contribution in [0.2, 0.25) is 0 Å². The molecule has 0 aliphatic carbocycles. The summed E-state index contributed by atoms with van der Waals surface area (Å²) in [6.07, 6.45) is 0. The molecule has 6 rings (SSSR count). The van der Waals surface area contributed by atoms with Gasteiger partial charge in [-0.3, -0.25) is 9.97 Å². The lowest BCUT2D eigenvalue weighted by Crippen LogP contribution is -1.94. The molecule has 0 aromatic carbocycles. The van der Waals surface area contributed by atoms with Crippen molar-refractivity contribution in [3.63, 3.8) is 0 Å². The molecule has 2 aromatic heterocycles. The summed E-state index contributed by atoms with van der Waals surface area (Å²) < 4.78 is 8.57. The molecule has 0 saturated carbocycles. The SMILES string of the molecule is c1cc2nc(c1)CSC1=C3SCc4cccc(n4)CSC4=C(SC2)SC(=C(S1)S3)S4. The molecule has 6 heterocycles. The zero-order valence-corrected chi connectivity index (χ0v) is 22.0. The van der Waals surface area contributed by atoms with E-state index < -0.39 is 0 Å². The van der Waals surface area contributed by atoms with E-state index in [0.29, 0.717) is 0 Å². The van der Waals surface area contributed by atoms with Gasteiger partial charge < -0.3 is 0 Å². The third-order valence-corrected chi connectivity index (χ3v) is 16.1. The smallest absolute Gasteiger partial charge is 0.0717 e. The lowest BCUT2D eigenvalue weighted by molar-refractivity contribution is 1.09. The average Bonchev–Trinajstić information content (AvgIpc) is 3.37. The van der Waals surface area contributed by atoms with E-state index in [1.54, 1.807) is 0 Å². The molecular weight excluding hydrogens is 525 g/mol. The highest BCUT2D eigenvalue weighted by Gasteiger charge is 2.31. The van der Waals surface area contributed by atoms with Gasteiger partial charge in [0.05, 0.1) is 48.2 Å². The van der Waals surface area contributed by atoms with Gasteiger partial charge in [-0.05, 0) is 24.3 Å². The maximum Gasteiger partial charge on any atom is 0.0717 e. The molecule has 4 aliphatic heterocycles. The van der Waals surface area contributed by atoms with Crippen molar-refractivity contribution in [1.29, 1.82) is 0 Å². The van der Waals surface area contributed by atoms with Crippen LogP contribution < -0.4 is 0 Å². The van der Waals surface area contributed by atoms with Gasteiger partial charge >= 0.3 is 0 Å². The normalized spacial score (nSPS) is 21.3. The second-order valence-electron chi connectivity index (χ2n) is 6.53. The topological polar surface area (TPSA) is 25.8 Å². The second kappa shape index (κ2) is 9.29. The van der Waals surface area contributed by atoms with Crippen molar-refractivity contribution in [2.24, 2.45) is 0 Å². The Kier molecular flexibility index (Phi) is 6.47. The monoisotopic (exact) mass is 538 g/mol. The molecular formula is C20H14N2S8. The Morgan fingerprint density at radius 2 is 0.733 bits per heavy atom. The maximum absolute atomic E-state index is 4.93. The van der Waals surface area contributed by atoms with Crippen molar-refractivity contribution < 1.29 is 0 Å². The van der Waals surface area contributed by atoms with Crippen molar-refractivity contribution in [1.82, 2.24) is 9.97 Å². The lowest BCUT2D eigenvalue weighted by atomic mass is 10.3. The van der Waals surface area contributed by atoms with Crippen LogP contribution in [0.25, 0.3) is 0 Å². The van der Waals surface area contributed by atoms with Gasteiger partial charge in [-0.1, -0.05) is 59.2 Å². The molecule has 0 atom stereocenters. The van der Waals surface area contributed by atoms with E-state index in [0.717, 1.165) is 23.0 Å². The highest BCUT2D eigenvalue weighted by atomic mass is 32.3. The summed E-state index contributed by atoms with van der Waals surface area (Å²) in [5.41, 5.74) is 4.69. The average molecular weight is 539 g/mol. The van der Waals surface area contributed by atoms with Crippen LogP contribution in [0.5, 0.6) is 0 Å². The Morgan fingerprint density at radius 1 is 0.433 bits per heavy atom. The minimum Gasteiger partial charge on any atom is -0.256 e. The largest absolute Gasteiger partial charge is 0.256 e. The predicted octanol–water partition coefficient (Wildman–Crippen LogP) is 8.48. The van der Waals surface area contributed by atoms with Crippen LogP contribution in [0.15, 0.2) is 61.8 Å². The van der Waals surface area contributed by atoms with E-state index in [1.807, 2.05) is 94.1 Å². The molecule has 0 fully saturated rings. The second-order valence-corrected chi connectivity index (χ2v) is 16.1. The third kappa shape index (κ3) is 4.53. The van der Waals surface area contributed by atoms with Crippen LogP contribution in [-0.2, 0) is 23.0 Å². The third-order valence-electron chi connectivity index (χ3n) is 4.38. The number of rotatable bonds is 0. The first-order valence-corrected chi connectivity index (χ1v) is 16.4. The van der Waals surface area contributed by atoms with Gasteiger partial charge in [0, 0.05) is 23.0 Å². The fourth-order valence-corrected chi connectivity index (χ4v) is 14.6. The van der Waals surface area contributed by atoms with E-state index in [1.165, 1.54) is 48.2 Å². The number of nitrogens with zero attached hydrogens (tertiary/aromatic N) is 2. The van der Waals surface area contributed by atoms with Crippen molar-refractivity contribution >= 4 is 94.1 Å². The molecule has 4 aliphatic rings. The molecule has 0 spiro atoms. The minimum absolute atomic E-state index is 0.923. The number of fused-ring (bicyclic) bond motifs is 8. The molecule has 0 unspecified atom stereocenters. The predicted molar refractivity (Wildman–Crippen MR) is 145 cm³/mol. The van der Waals surface area contributed by atoms with Gasteiger partial charge in [0.25, 0.3) is 0 Å². The molecule has 0 radical (unpaired) electrons. The quantitative estimate of drug-likeness (QED) is 0.325. The van der Waals surface area contributed by atoms with E-state index in [9.17, 15) is 0 Å². The zero-order chi connectivity index (χ0) is 19.9. The molecule has 0 N–H and O–H groups in total. The molecule has 0 saturated heterocycles. The van der Waals surface area contributed by atoms with Crippen molar-refractivity contribution in [2.75, 3.05) is 0 Å². The fraction of sp³-hybridized carbons (Fsp3) is 0.200. The first-order chi connectivity index (χ1) is 14.8. The Balaban J connectivity index is 1.45. The van der Waals surface area contributed by atoms with E-state index in [4.69, 9.17) is 9.97 Å². The standard InChI is InChI=1S/C20H14N2S8/c1-3-11-7-23-15-17-25-9-13-5-2-6-14(22-13)10-26-18-16(24-8-12(4-1)21-11)28-20(30-18)19(27-15)29-17/h1-6H,7-10H2. The van der Waals surface area contributed by atoms with Crippen LogP contribution in [0.4, 0.5) is 0 Å². The summed E-state index contributed by atoms with van der Waals surface area (Å²) in [5, 5.41) is 0. The maximum atomic E-state index is 4.93. The molecule has 30 heavy (non-hydrogen) atoms. The summed E-state index contributed by atoms with van der Waals surface area (Å²) >= 11 is 15.6. The van der Waals surface area contributed by atoms with E-state index in [-0.39, 0.29) is 0 Å². The molecule has 0 amide bonds. The number of hydrogen-bond acceptors (Lipinski definition) is 10. The Labute approximate surface area is 209 Å². The van der Waals surface area contributed by atoms with Crippen LogP contribution in [0, 0.1) is 0 Å². The fourth-order valence-electron chi connectivity index (χ4n) is 3.00. The van der Waals surface area contributed by atoms with Crippen LogP contribution in [-0.4, -0.2) is 9.97 Å². The Morgan fingerprint density at radius 3 is 1.03 bits per heavy atom. The Bertz CT molecular complexity index is 961. The molecule has 2 aromatic rings. The van der Waals surface area contributed by atoms with Crippen LogP contribution in [0.1, 0.15) is 22.8 Å². The van der Waals surface area contributed by atoms with Crippen LogP contribution in [0.3, 0.4) is 0 Å². The van der Waals surface area contributed by atoms with Gasteiger partial charge in [-0.25, -0.2) is 0 Å². The summed E-state index contributed by atoms with van der Waals surface area (Å²) in [6, 6.07) is 12.9. The van der Waals surface area contributed by atoms with Gasteiger partial charge in [0.15, 0.2) is 0 Å². The van der Waals surface area contributed by atoms with Crippen molar-refractivity contribution in [2.45, 2.75) is 23.0 Å². The summed E-state index contributed by atoms with van der Waals surface area (Å²) in [6.45, 7) is 0.